The van der Waals surface area contributed by atoms with Gasteiger partial charge in [-0.1, -0.05) is 0 Å². The zero-order chi connectivity index (χ0) is 13.4. The van der Waals surface area contributed by atoms with Gasteiger partial charge in [-0.15, -0.1) is 5.10 Å². The molecule has 1 fully saturated rings. The number of hydrogen-bond acceptors (Lipinski definition) is 4. The predicted molar refractivity (Wildman–Crippen MR) is 72.9 cm³/mol. The number of anilines is 1. The molecule has 3 rings (SSSR count). The molecule has 100 valence electrons. The molecular weight excluding hydrogens is 242 g/mol. The number of aromatic nitrogens is 4. The molecule has 2 aromatic heterocycles. The van der Waals surface area contributed by atoms with E-state index in [4.69, 9.17) is 0 Å². The molecule has 1 atom stereocenters. The summed E-state index contributed by atoms with van der Waals surface area (Å²) in [6, 6.07) is 3.68. The van der Waals surface area contributed by atoms with Gasteiger partial charge in [-0.3, -0.25) is 9.89 Å². The van der Waals surface area contributed by atoms with E-state index in [0.29, 0.717) is 17.8 Å². The zero-order valence-corrected chi connectivity index (χ0v) is 11.1. The van der Waals surface area contributed by atoms with Gasteiger partial charge >= 0.3 is 0 Å². The van der Waals surface area contributed by atoms with E-state index in [2.05, 4.69) is 27.4 Å². The van der Waals surface area contributed by atoms with Crippen LogP contribution in [0.2, 0.25) is 0 Å². The van der Waals surface area contributed by atoms with Gasteiger partial charge in [0.25, 0.3) is 0 Å². The first-order valence-corrected chi connectivity index (χ1v) is 6.49. The first kappa shape index (κ1) is 12.0. The van der Waals surface area contributed by atoms with Gasteiger partial charge in [0.15, 0.2) is 5.82 Å². The second-order valence-corrected chi connectivity index (χ2v) is 5.14. The molecule has 0 spiro atoms. The molecule has 0 saturated heterocycles. The first-order chi connectivity index (χ1) is 9.13. The zero-order valence-electron chi connectivity index (χ0n) is 11.1. The summed E-state index contributed by atoms with van der Waals surface area (Å²) < 4.78 is 1.53. The molecule has 6 nitrogen and oxygen atoms in total. The van der Waals surface area contributed by atoms with Crippen molar-refractivity contribution in [2.24, 2.45) is 13.0 Å². The fourth-order valence-corrected chi connectivity index (χ4v) is 2.11. The number of aromatic amines is 1. The maximum atomic E-state index is 11.3. The van der Waals surface area contributed by atoms with Gasteiger partial charge in [0.1, 0.15) is 0 Å². The SMILES string of the molecule is CC(Nc1n[nH]c(-c2ccc(=O)n(C)c2)n1)C1CC1. The fourth-order valence-electron chi connectivity index (χ4n) is 2.11. The van der Waals surface area contributed by atoms with Crippen molar-refractivity contribution in [1.29, 1.82) is 0 Å². The third-order valence-corrected chi connectivity index (χ3v) is 3.53. The molecule has 0 radical (unpaired) electrons. The van der Waals surface area contributed by atoms with E-state index in [1.165, 1.54) is 23.5 Å². The van der Waals surface area contributed by atoms with Crippen LogP contribution >= 0.6 is 0 Å². The largest absolute Gasteiger partial charge is 0.350 e. The van der Waals surface area contributed by atoms with E-state index in [-0.39, 0.29) is 5.56 Å². The number of aryl methyl sites for hydroxylation is 1. The summed E-state index contributed by atoms with van der Waals surface area (Å²) >= 11 is 0. The molecule has 0 bridgehead atoms. The number of pyridine rings is 1. The highest BCUT2D eigenvalue weighted by molar-refractivity contribution is 5.54. The second kappa shape index (κ2) is 4.53. The highest BCUT2D eigenvalue weighted by Crippen LogP contribution is 2.33. The number of rotatable bonds is 4. The van der Waals surface area contributed by atoms with Gasteiger partial charge in [0.05, 0.1) is 0 Å². The van der Waals surface area contributed by atoms with E-state index in [1.54, 1.807) is 19.3 Å². The van der Waals surface area contributed by atoms with Crippen LogP contribution in [0.1, 0.15) is 19.8 Å². The standard InChI is InChI=1S/C13H17N5O/c1-8(9-3-4-9)14-13-15-12(16-17-13)10-5-6-11(19)18(2)7-10/h5-9H,3-4H2,1-2H3,(H2,14,15,16,17). The van der Waals surface area contributed by atoms with Crippen LogP contribution in [0.3, 0.4) is 0 Å². The maximum Gasteiger partial charge on any atom is 0.250 e. The second-order valence-electron chi connectivity index (χ2n) is 5.14. The molecule has 1 unspecified atom stereocenters. The summed E-state index contributed by atoms with van der Waals surface area (Å²) in [7, 11) is 1.72. The van der Waals surface area contributed by atoms with E-state index in [9.17, 15) is 4.79 Å². The van der Waals surface area contributed by atoms with E-state index in [0.717, 1.165) is 11.5 Å². The Morgan fingerprint density at radius 2 is 2.26 bits per heavy atom. The van der Waals surface area contributed by atoms with Crippen molar-refractivity contribution in [3.63, 3.8) is 0 Å². The minimum atomic E-state index is -0.0380. The number of nitrogens with one attached hydrogen (secondary N) is 2. The van der Waals surface area contributed by atoms with Crippen LogP contribution in [0.25, 0.3) is 11.4 Å². The Hall–Kier alpha value is -2.11. The highest BCUT2D eigenvalue weighted by Gasteiger charge is 2.28. The Morgan fingerprint density at radius 1 is 1.47 bits per heavy atom. The van der Waals surface area contributed by atoms with Crippen LogP contribution in [0.5, 0.6) is 0 Å². The molecule has 1 aliphatic carbocycles. The molecule has 6 heteroatoms. The van der Waals surface area contributed by atoms with Crippen LogP contribution < -0.4 is 10.9 Å². The van der Waals surface area contributed by atoms with Crippen molar-refractivity contribution < 1.29 is 0 Å². The molecule has 1 saturated carbocycles. The van der Waals surface area contributed by atoms with Crippen LogP contribution in [-0.2, 0) is 7.05 Å². The summed E-state index contributed by atoms with van der Waals surface area (Å²) in [6.45, 7) is 2.15. The fraction of sp³-hybridized carbons (Fsp3) is 0.462. The Labute approximate surface area is 110 Å². The molecule has 0 aliphatic heterocycles. The molecule has 0 aromatic carbocycles. The molecule has 2 aromatic rings. The maximum absolute atomic E-state index is 11.3. The van der Waals surface area contributed by atoms with Crippen molar-refractivity contribution in [2.45, 2.75) is 25.8 Å². The lowest BCUT2D eigenvalue weighted by atomic mass is 10.2. The number of nitrogens with zero attached hydrogens (tertiary/aromatic N) is 3. The Balaban J connectivity index is 1.79. The molecule has 0 amide bonds. The van der Waals surface area contributed by atoms with Crippen molar-refractivity contribution in [2.75, 3.05) is 5.32 Å². The number of H-pyrrole nitrogens is 1. The van der Waals surface area contributed by atoms with E-state index in [1.807, 2.05) is 0 Å². The van der Waals surface area contributed by atoms with E-state index >= 15 is 0 Å². The molecule has 2 N–H and O–H groups in total. The Morgan fingerprint density at radius 3 is 2.95 bits per heavy atom. The van der Waals surface area contributed by atoms with Gasteiger partial charge < -0.3 is 9.88 Å². The lowest BCUT2D eigenvalue weighted by Crippen LogP contribution is -2.18. The predicted octanol–water partition coefficient (Wildman–Crippen LogP) is 1.38. The van der Waals surface area contributed by atoms with Crippen molar-refractivity contribution in [3.05, 3.63) is 28.7 Å². The minimum Gasteiger partial charge on any atom is -0.350 e. The molecule has 1 aliphatic rings. The van der Waals surface area contributed by atoms with Crippen LogP contribution in [0.15, 0.2) is 23.1 Å². The van der Waals surface area contributed by atoms with Crippen molar-refractivity contribution >= 4 is 5.95 Å². The summed E-state index contributed by atoms with van der Waals surface area (Å²) in [5, 5.41) is 10.4. The molecular formula is C13H17N5O. The van der Waals surface area contributed by atoms with E-state index < -0.39 is 0 Å². The summed E-state index contributed by atoms with van der Waals surface area (Å²) in [5.41, 5.74) is 0.811. The first-order valence-electron chi connectivity index (χ1n) is 6.49. The third-order valence-electron chi connectivity index (χ3n) is 3.53. The normalized spacial score (nSPS) is 16.3. The molecule has 2 heterocycles. The van der Waals surface area contributed by atoms with Crippen molar-refractivity contribution in [1.82, 2.24) is 19.7 Å². The Bertz CT molecular complexity index is 640. The van der Waals surface area contributed by atoms with Gasteiger partial charge in [-0.05, 0) is 31.7 Å². The van der Waals surface area contributed by atoms with Gasteiger partial charge in [0, 0.05) is 30.9 Å². The van der Waals surface area contributed by atoms with Crippen LogP contribution in [0.4, 0.5) is 5.95 Å². The average molecular weight is 259 g/mol. The Kier molecular flexibility index (Phi) is 2.85. The van der Waals surface area contributed by atoms with Gasteiger partial charge in [-0.2, -0.15) is 4.98 Å². The highest BCUT2D eigenvalue weighted by atomic mass is 16.1. The summed E-state index contributed by atoms with van der Waals surface area (Å²) in [6.07, 6.45) is 4.31. The lowest BCUT2D eigenvalue weighted by molar-refractivity contribution is 0.687. The number of hydrogen-bond donors (Lipinski definition) is 2. The quantitative estimate of drug-likeness (QED) is 0.869. The third kappa shape index (κ3) is 2.52. The topological polar surface area (TPSA) is 75.6 Å². The van der Waals surface area contributed by atoms with Crippen LogP contribution in [0, 0.1) is 5.92 Å². The van der Waals surface area contributed by atoms with Crippen LogP contribution in [-0.4, -0.2) is 25.8 Å². The summed E-state index contributed by atoms with van der Waals surface area (Å²) in [4.78, 5) is 15.7. The molecule has 19 heavy (non-hydrogen) atoms. The van der Waals surface area contributed by atoms with Gasteiger partial charge in [0.2, 0.25) is 11.5 Å². The summed E-state index contributed by atoms with van der Waals surface area (Å²) in [5.74, 6) is 2.03. The van der Waals surface area contributed by atoms with Crippen molar-refractivity contribution in [3.8, 4) is 11.4 Å². The monoisotopic (exact) mass is 259 g/mol. The van der Waals surface area contributed by atoms with Gasteiger partial charge in [-0.25, -0.2) is 0 Å². The smallest absolute Gasteiger partial charge is 0.250 e. The lowest BCUT2D eigenvalue weighted by Gasteiger charge is -2.09. The minimum absolute atomic E-state index is 0.0380. The average Bonchev–Trinajstić information content (AvgIpc) is 3.14.